The second kappa shape index (κ2) is 6.95. The van der Waals surface area contributed by atoms with Crippen LogP contribution in [0.4, 0.5) is 0 Å². The molecule has 92 valence electrons. The maximum atomic E-state index is 6.31. The van der Waals surface area contributed by atoms with Crippen LogP contribution in [-0.2, 0) is 18.9 Å². The van der Waals surface area contributed by atoms with E-state index in [2.05, 4.69) is 44.0 Å². The van der Waals surface area contributed by atoms with Crippen LogP contribution >= 0.6 is 48.9 Å². The van der Waals surface area contributed by atoms with Crippen LogP contribution in [0.5, 0.6) is 0 Å². The van der Waals surface area contributed by atoms with Gasteiger partial charge in [0, 0.05) is 0 Å². The zero-order chi connectivity index (χ0) is 13.1. The van der Waals surface area contributed by atoms with E-state index in [9.17, 15) is 0 Å². The molecule has 5 heteroatoms. The van der Waals surface area contributed by atoms with Crippen molar-refractivity contribution in [1.82, 2.24) is 0 Å². The molecule has 2 aromatic carbocycles. The van der Waals surface area contributed by atoms with Crippen LogP contribution in [0.1, 0.15) is 11.1 Å². The van der Waals surface area contributed by atoms with Crippen molar-refractivity contribution in [3.63, 3.8) is 0 Å². The maximum absolute atomic E-state index is 6.31. The van der Waals surface area contributed by atoms with Gasteiger partial charge in [-0.25, -0.2) is 0 Å². The van der Waals surface area contributed by atoms with E-state index >= 15 is 0 Å². The van der Waals surface area contributed by atoms with E-state index in [0.717, 1.165) is 23.3 Å². The average molecular weight is 486 g/mol. The van der Waals surface area contributed by atoms with Crippen molar-refractivity contribution in [3.05, 3.63) is 68.6 Å². The number of hydrogen-bond acceptors (Lipinski definition) is 0. The van der Waals surface area contributed by atoms with Crippen LogP contribution in [0.15, 0.2) is 57.5 Å². The molecular weight excluding hydrogens is 478 g/mol. The molecular formula is C13H8Br2Cl2Zr. The Morgan fingerprint density at radius 3 is 1.61 bits per heavy atom. The summed E-state index contributed by atoms with van der Waals surface area (Å²) in [5.74, 6) is 0. The first-order valence-electron chi connectivity index (χ1n) is 5.15. The summed E-state index contributed by atoms with van der Waals surface area (Å²) in [6.07, 6.45) is 0. The molecule has 0 nitrogen and oxygen atoms in total. The Balaban J connectivity index is 2.59. The molecule has 0 unspecified atom stereocenters. The van der Waals surface area contributed by atoms with Crippen LogP contribution in [0, 0.1) is 0 Å². The SMILES string of the molecule is [Cl][Zr]([Cl])=[C](c1cccc(Br)c1)c1cccc(Br)c1. The number of halogens is 4. The molecule has 2 rings (SSSR count). The Bertz CT molecular complexity index is 560. The zero-order valence-corrected chi connectivity index (χ0v) is 16.3. The normalized spacial score (nSPS) is 10.2. The molecule has 18 heavy (non-hydrogen) atoms. The first kappa shape index (κ1) is 15.1. The molecule has 0 aromatic heterocycles. The van der Waals surface area contributed by atoms with Crippen molar-refractivity contribution in [3.8, 4) is 0 Å². The summed E-state index contributed by atoms with van der Waals surface area (Å²) in [7, 11) is 12.6. The Labute approximate surface area is 138 Å². The second-order valence-corrected chi connectivity index (χ2v) is 13.6. The van der Waals surface area contributed by atoms with Crippen molar-refractivity contribution < 1.29 is 18.9 Å². The van der Waals surface area contributed by atoms with E-state index in [1.807, 2.05) is 36.4 Å². The summed E-state index contributed by atoms with van der Waals surface area (Å²) in [5, 5.41) is 0. The summed E-state index contributed by atoms with van der Waals surface area (Å²) in [6, 6.07) is 16.2. The van der Waals surface area contributed by atoms with Crippen molar-refractivity contribution in [2.45, 2.75) is 0 Å². The summed E-state index contributed by atoms with van der Waals surface area (Å²) >= 11 is 4.42. The number of rotatable bonds is 2. The van der Waals surface area contributed by atoms with Crippen LogP contribution in [0.3, 0.4) is 0 Å². The predicted molar refractivity (Wildman–Crippen MR) is 83.2 cm³/mol. The van der Waals surface area contributed by atoms with Gasteiger partial charge in [0.2, 0.25) is 0 Å². The first-order valence-corrected chi connectivity index (χ1v) is 14.3. The Morgan fingerprint density at radius 2 is 1.28 bits per heavy atom. The summed E-state index contributed by atoms with van der Waals surface area (Å²) in [4.78, 5) is 0. The Hall–Kier alpha value is 0.733. The molecule has 0 heterocycles. The van der Waals surface area contributed by atoms with Crippen molar-refractivity contribution in [2.24, 2.45) is 0 Å². The molecule has 0 amide bonds. The summed E-state index contributed by atoms with van der Waals surface area (Å²) in [5.41, 5.74) is 2.20. The van der Waals surface area contributed by atoms with E-state index in [-0.39, 0.29) is 0 Å². The number of benzene rings is 2. The third-order valence-corrected chi connectivity index (χ3v) is 7.99. The average Bonchev–Trinajstić information content (AvgIpc) is 2.28. The van der Waals surface area contributed by atoms with Gasteiger partial charge in [0.05, 0.1) is 0 Å². The van der Waals surface area contributed by atoms with Gasteiger partial charge in [-0.05, 0) is 0 Å². The van der Waals surface area contributed by atoms with Crippen LogP contribution in [0.25, 0.3) is 0 Å². The van der Waals surface area contributed by atoms with Crippen LogP contribution in [-0.4, -0.2) is 3.21 Å². The molecule has 0 saturated carbocycles. The van der Waals surface area contributed by atoms with Gasteiger partial charge in [-0.2, -0.15) is 0 Å². The molecule has 0 N–H and O–H groups in total. The van der Waals surface area contributed by atoms with Crippen LogP contribution < -0.4 is 0 Å². The zero-order valence-electron chi connectivity index (χ0n) is 9.13. The van der Waals surface area contributed by atoms with Gasteiger partial charge in [-0.15, -0.1) is 0 Å². The first-order chi connectivity index (χ1) is 8.58. The third-order valence-electron chi connectivity index (χ3n) is 2.42. The van der Waals surface area contributed by atoms with Crippen molar-refractivity contribution in [2.75, 3.05) is 0 Å². The Morgan fingerprint density at radius 1 is 0.833 bits per heavy atom. The Kier molecular flexibility index (Phi) is 5.84. The molecule has 0 aliphatic rings. The minimum atomic E-state index is -2.54. The topological polar surface area (TPSA) is 0 Å². The fourth-order valence-corrected chi connectivity index (χ4v) is 6.89. The molecule has 0 bridgehead atoms. The fraction of sp³-hybridized carbons (Fsp3) is 0. The summed E-state index contributed by atoms with van der Waals surface area (Å²) < 4.78 is 3.17. The molecule has 0 aliphatic carbocycles. The molecule has 0 radical (unpaired) electrons. The van der Waals surface area contributed by atoms with Crippen molar-refractivity contribution >= 4 is 52.1 Å². The molecule has 0 saturated heterocycles. The van der Waals surface area contributed by atoms with Gasteiger partial charge in [0.25, 0.3) is 0 Å². The molecule has 0 atom stereocenters. The van der Waals surface area contributed by atoms with Gasteiger partial charge >= 0.3 is 140 Å². The van der Waals surface area contributed by atoms with E-state index < -0.39 is 18.9 Å². The van der Waals surface area contributed by atoms with E-state index in [1.165, 1.54) is 0 Å². The summed E-state index contributed by atoms with van der Waals surface area (Å²) in [6.45, 7) is 0. The molecule has 0 aliphatic heterocycles. The standard InChI is InChI=1S/C13H8Br2.2ClH.Zr/c14-12-5-1-3-10(8-12)7-11-4-2-6-13(15)9-11;;;/h1-6,8-9H;2*1H;/q;;;+2/p-2. The fourth-order valence-electron chi connectivity index (χ4n) is 1.67. The number of hydrogen-bond donors (Lipinski definition) is 0. The quantitative estimate of drug-likeness (QED) is 0.511. The van der Waals surface area contributed by atoms with Gasteiger partial charge in [0.15, 0.2) is 0 Å². The molecule has 0 spiro atoms. The predicted octanol–water partition coefficient (Wildman–Crippen LogP) is 5.71. The molecule has 2 aromatic rings. The van der Waals surface area contributed by atoms with E-state index in [1.54, 1.807) is 0 Å². The monoisotopic (exact) mass is 482 g/mol. The van der Waals surface area contributed by atoms with E-state index in [4.69, 9.17) is 17.0 Å². The van der Waals surface area contributed by atoms with Gasteiger partial charge in [-0.1, -0.05) is 0 Å². The van der Waals surface area contributed by atoms with Gasteiger partial charge in [0.1, 0.15) is 0 Å². The van der Waals surface area contributed by atoms with Gasteiger partial charge < -0.3 is 0 Å². The van der Waals surface area contributed by atoms with Crippen LogP contribution in [0.2, 0.25) is 0 Å². The van der Waals surface area contributed by atoms with Gasteiger partial charge in [-0.3, -0.25) is 0 Å². The third kappa shape index (κ3) is 3.87. The van der Waals surface area contributed by atoms with Crippen molar-refractivity contribution in [1.29, 1.82) is 0 Å². The second-order valence-electron chi connectivity index (χ2n) is 3.66. The minimum absolute atomic E-state index is 1.03. The molecule has 0 fully saturated rings. The van der Waals surface area contributed by atoms with E-state index in [0.29, 0.717) is 0 Å².